The number of likely N-dealkylation sites (tertiary alicyclic amines) is 1. The van der Waals surface area contributed by atoms with Crippen molar-refractivity contribution in [3.05, 3.63) is 35.5 Å². The minimum absolute atomic E-state index is 0.138. The van der Waals surface area contributed by atoms with Crippen LogP contribution in [0.5, 0.6) is 5.75 Å². The van der Waals surface area contributed by atoms with Gasteiger partial charge in [0.15, 0.2) is 6.61 Å². The Morgan fingerprint density at radius 2 is 2.12 bits per heavy atom. The highest BCUT2D eigenvalue weighted by Crippen LogP contribution is 2.22. The van der Waals surface area contributed by atoms with Crippen molar-refractivity contribution in [3.63, 3.8) is 0 Å². The quantitative estimate of drug-likeness (QED) is 0.788. The lowest BCUT2D eigenvalue weighted by molar-refractivity contribution is -0.136. The number of carbonyl (C=O) groups is 2. The summed E-state index contributed by atoms with van der Waals surface area (Å²) in [6, 6.07) is 7.22. The minimum atomic E-state index is -0.522. The molecule has 1 aromatic carbocycles. The lowest BCUT2D eigenvalue weighted by Crippen LogP contribution is -2.41. The Labute approximate surface area is 153 Å². The zero-order valence-corrected chi connectivity index (χ0v) is 15.4. The van der Waals surface area contributed by atoms with Gasteiger partial charge >= 0.3 is 5.97 Å². The van der Waals surface area contributed by atoms with Crippen LogP contribution in [0.4, 0.5) is 0 Å². The van der Waals surface area contributed by atoms with Crippen LogP contribution < -0.4 is 4.74 Å². The summed E-state index contributed by atoms with van der Waals surface area (Å²) in [7, 11) is 1.60. The van der Waals surface area contributed by atoms with Crippen LogP contribution in [0, 0.1) is 12.8 Å². The number of esters is 1. The predicted octanol–water partition coefficient (Wildman–Crippen LogP) is 2.97. The maximum atomic E-state index is 12.4. The van der Waals surface area contributed by atoms with Crippen LogP contribution in [0.1, 0.15) is 35.8 Å². The second-order valence-electron chi connectivity index (χ2n) is 6.84. The smallest absolute Gasteiger partial charge is 0.340 e. The van der Waals surface area contributed by atoms with E-state index in [0.717, 1.165) is 36.8 Å². The molecule has 0 N–H and O–H groups in total. The molecule has 1 amide bonds. The Morgan fingerprint density at radius 3 is 2.85 bits per heavy atom. The number of methoxy groups -OCH3 is 1. The first-order valence-corrected chi connectivity index (χ1v) is 8.88. The average Bonchev–Trinajstić information content (AvgIpc) is 2.64. The summed E-state index contributed by atoms with van der Waals surface area (Å²) in [4.78, 5) is 30.9. The molecule has 3 rings (SSSR count). The van der Waals surface area contributed by atoms with Gasteiger partial charge in [-0.25, -0.2) is 4.79 Å². The molecular weight excluding hydrogens is 332 g/mol. The van der Waals surface area contributed by atoms with Crippen LogP contribution in [-0.4, -0.2) is 48.6 Å². The number of aryl methyl sites for hydroxylation is 1. The van der Waals surface area contributed by atoms with Crippen molar-refractivity contribution >= 4 is 22.8 Å². The maximum Gasteiger partial charge on any atom is 0.340 e. The largest absolute Gasteiger partial charge is 0.497 e. The fourth-order valence-electron chi connectivity index (χ4n) is 3.29. The number of hydrogen-bond donors (Lipinski definition) is 0. The molecule has 0 bridgehead atoms. The molecule has 0 spiro atoms. The van der Waals surface area contributed by atoms with E-state index >= 15 is 0 Å². The summed E-state index contributed by atoms with van der Waals surface area (Å²) in [6.45, 7) is 5.12. The van der Waals surface area contributed by atoms with E-state index in [-0.39, 0.29) is 12.5 Å². The lowest BCUT2D eigenvalue weighted by Gasteiger charge is -2.30. The summed E-state index contributed by atoms with van der Waals surface area (Å²) in [5.41, 5.74) is 1.69. The SMILES string of the molecule is COc1ccc2cc(C(=O)OCC(=O)N3CCCC(C)C3)c(C)nc2c1. The maximum absolute atomic E-state index is 12.4. The van der Waals surface area contributed by atoms with Crippen LogP contribution in [0.15, 0.2) is 24.3 Å². The van der Waals surface area contributed by atoms with Crippen molar-refractivity contribution in [1.82, 2.24) is 9.88 Å². The summed E-state index contributed by atoms with van der Waals surface area (Å²) in [6.07, 6.45) is 2.13. The number of hydrogen-bond acceptors (Lipinski definition) is 5. The van der Waals surface area contributed by atoms with Gasteiger partial charge in [0.1, 0.15) is 5.75 Å². The van der Waals surface area contributed by atoms with Crippen molar-refractivity contribution in [1.29, 1.82) is 0 Å². The van der Waals surface area contributed by atoms with Gasteiger partial charge in [0.2, 0.25) is 0 Å². The van der Waals surface area contributed by atoms with Crippen molar-refractivity contribution in [2.24, 2.45) is 5.92 Å². The second kappa shape index (κ2) is 7.72. The third kappa shape index (κ3) is 3.95. The van der Waals surface area contributed by atoms with E-state index < -0.39 is 5.97 Å². The molecule has 0 radical (unpaired) electrons. The molecule has 1 fully saturated rings. The number of rotatable bonds is 4. The molecule has 6 heteroatoms. The Balaban J connectivity index is 1.69. The van der Waals surface area contributed by atoms with E-state index in [9.17, 15) is 9.59 Å². The molecule has 6 nitrogen and oxygen atoms in total. The lowest BCUT2D eigenvalue weighted by atomic mass is 10.0. The molecule has 138 valence electrons. The second-order valence-corrected chi connectivity index (χ2v) is 6.84. The Hall–Kier alpha value is -2.63. The van der Waals surface area contributed by atoms with Gasteiger partial charge < -0.3 is 14.4 Å². The van der Waals surface area contributed by atoms with Crippen LogP contribution >= 0.6 is 0 Å². The molecular formula is C20H24N2O4. The molecule has 1 unspecified atom stereocenters. The highest BCUT2D eigenvalue weighted by atomic mass is 16.5. The highest BCUT2D eigenvalue weighted by Gasteiger charge is 2.22. The third-order valence-electron chi connectivity index (χ3n) is 4.77. The van der Waals surface area contributed by atoms with Crippen LogP contribution in [0.3, 0.4) is 0 Å². The molecule has 2 heterocycles. The van der Waals surface area contributed by atoms with Crippen LogP contribution in [-0.2, 0) is 9.53 Å². The van der Waals surface area contributed by atoms with Gasteiger partial charge in [-0.05, 0) is 43.9 Å². The number of benzene rings is 1. The first-order chi connectivity index (χ1) is 12.5. The number of piperidine rings is 1. The van der Waals surface area contributed by atoms with E-state index in [1.165, 1.54) is 0 Å². The zero-order chi connectivity index (χ0) is 18.7. The molecule has 0 aliphatic carbocycles. The number of aromatic nitrogens is 1. The van der Waals surface area contributed by atoms with E-state index in [1.54, 1.807) is 25.0 Å². The number of ether oxygens (including phenoxy) is 2. The normalized spacial score (nSPS) is 17.2. The number of carbonyl (C=O) groups excluding carboxylic acids is 2. The average molecular weight is 356 g/mol. The molecule has 1 aliphatic rings. The third-order valence-corrected chi connectivity index (χ3v) is 4.77. The standard InChI is InChI=1S/C20H24N2O4/c1-13-5-4-8-22(11-13)19(23)12-26-20(24)17-9-15-6-7-16(25-3)10-18(15)21-14(17)2/h6-7,9-10,13H,4-5,8,11-12H2,1-3H3. The Kier molecular flexibility index (Phi) is 5.40. The number of fused-ring (bicyclic) bond motifs is 1. The molecule has 2 aromatic rings. The first kappa shape index (κ1) is 18.2. The Morgan fingerprint density at radius 1 is 1.31 bits per heavy atom. The molecule has 1 atom stereocenters. The monoisotopic (exact) mass is 356 g/mol. The van der Waals surface area contributed by atoms with Gasteiger partial charge in [-0.15, -0.1) is 0 Å². The fraction of sp³-hybridized carbons (Fsp3) is 0.450. The van der Waals surface area contributed by atoms with Gasteiger partial charge in [0.25, 0.3) is 5.91 Å². The van der Waals surface area contributed by atoms with E-state index in [1.807, 2.05) is 18.2 Å². The van der Waals surface area contributed by atoms with Crippen LogP contribution in [0.2, 0.25) is 0 Å². The number of nitrogens with zero attached hydrogens (tertiary/aromatic N) is 2. The summed E-state index contributed by atoms with van der Waals surface area (Å²) < 4.78 is 10.5. The minimum Gasteiger partial charge on any atom is -0.497 e. The summed E-state index contributed by atoms with van der Waals surface area (Å²) in [5, 5.41) is 0.819. The van der Waals surface area contributed by atoms with E-state index in [4.69, 9.17) is 9.47 Å². The number of pyridine rings is 1. The van der Waals surface area contributed by atoms with Gasteiger partial charge in [-0.3, -0.25) is 9.78 Å². The molecule has 1 aliphatic heterocycles. The van der Waals surface area contributed by atoms with Crippen molar-refractivity contribution in [2.75, 3.05) is 26.8 Å². The first-order valence-electron chi connectivity index (χ1n) is 8.88. The predicted molar refractivity (Wildman–Crippen MR) is 98.3 cm³/mol. The van der Waals surface area contributed by atoms with Crippen molar-refractivity contribution in [2.45, 2.75) is 26.7 Å². The van der Waals surface area contributed by atoms with Crippen molar-refractivity contribution < 1.29 is 19.1 Å². The fourth-order valence-corrected chi connectivity index (χ4v) is 3.29. The Bertz CT molecular complexity index is 834. The van der Waals surface area contributed by atoms with Gasteiger partial charge in [-0.2, -0.15) is 0 Å². The molecule has 0 saturated carbocycles. The summed E-state index contributed by atoms with van der Waals surface area (Å²) in [5.74, 6) is 0.542. The van der Waals surface area contributed by atoms with Crippen LogP contribution in [0.25, 0.3) is 10.9 Å². The molecule has 1 saturated heterocycles. The van der Waals surface area contributed by atoms with Gasteiger partial charge in [0.05, 0.1) is 23.9 Å². The van der Waals surface area contributed by atoms with Crippen molar-refractivity contribution in [3.8, 4) is 5.75 Å². The van der Waals surface area contributed by atoms with E-state index in [2.05, 4.69) is 11.9 Å². The van der Waals surface area contributed by atoms with E-state index in [0.29, 0.717) is 22.9 Å². The molecule has 1 aromatic heterocycles. The van der Waals surface area contributed by atoms with Gasteiger partial charge in [0, 0.05) is 24.5 Å². The molecule has 26 heavy (non-hydrogen) atoms. The highest BCUT2D eigenvalue weighted by molar-refractivity contribution is 5.96. The van der Waals surface area contributed by atoms with Gasteiger partial charge in [-0.1, -0.05) is 6.92 Å². The number of amides is 1. The zero-order valence-electron chi connectivity index (χ0n) is 15.4. The summed E-state index contributed by atoms with van der Waals surface area (Å²) >= 11 is 0. The topological polar surface area (TPSA) is 68.7 Å².